The molecule has 0 radical (unpaired) electrons. The lowest BCUT2D eigenvalue weighted by Crippen LogP contribution is -2.12. The Morgan fingerprint density at radius 1 is 0.769 bits per heavy atom. The summed E-state index contributed by atoms with van der Waals surface area (Å²) in [6.07, 6.45) is 9.40. The van der Waals surface area contributed by atoms with Crippen LogP contribution in [0.25, 0.3) is 0 Å². The lowest BCUT2D eigenvalue weighted by atomic mass is 9.95. The van der Waals surface area contributed by atoms with Crippen molar-refractivity contribution in [2.24, 2.45) is 0 Å². The molecule has 2 heterocycles. The van der Waals surface area contributed by atoms with Crippen molar-refractivity contribution in [3.63, 3.8) is 0 Å². The fourth-order valence-corrected chi connectivity index (χ4v) is 3.66. The third kappa shape index (κ3) is 3.92. The zero-order chi connectivity index (χ0) is 19.1. The van der Waals surface area contributed by atoms with Gasteiger partial charge < -0.3 is 4.90 Å². The lowest BCUT2D eigenvalue weighted by molar-refractivity contribution is 0.770. The number of rotatable bonds is 3. The van der Waals surface area contributed by atoms with Crippen molar-refractivity contribution in [1.29, 1.82) is 0 Å². The zero-order valence-corrected chi connectivity index (χ0v) is 17.5. The SMILES string of the molecule is Cc1cc(C)c(C2(C)CC2)cn1.Cc1cc(N(C)C)ncc1C1(C)CC1. The maximum absolute atomic E-state index is 4.47. The first-order chi connectivity index (χ1) is 12.1. The van der Waals surface area contributed by atoms with E-state index in [1.807, 2.05) is 25.9 Å². The van der Waals surface area contributed by atoms with E-state index in [0.717, 1.165) is 11.5 Å². The molecule has 2 aliphatic rings. The number of aryl methyl sites for hydroxylation is 3. The highest BCUT2D eigenvalue weighted by molar-refractivity contribution is 5.45. The van der Waals surface area contributed by atoms with Crippen LogP contribution < -0.4 is 4.90 Å². The second-order valence-electron chi connectivity index (χ2n) is 9.01. The molecular formula is C23H33N3. The third-order valence-corrected chi connectivity index (χ3v) is 6.10. The molecule has 0 N–H and O–H groups in total. The van der Waals surface area contributed by atoms with Crippen LogP contribution >= 0.6 is 0 Å². The summed E-state index contributed by atoms with van der Waals surface area (Å²) < 4.78 is 0. The summed E-state index contributed by atoms with van der Waals surface area (Å²) in [7, 11) is 4.06. The molecule has 2 fully saturated rings. The second kappa shape index (κ2) is 6.68. The Morgan fingerprint density at radius 3 is 1.62 bits per heavy atom. The molecule has 2 aromatic heterocycles. The molecular weight excluding hydrogens is 318 g/mol. The van der Waals surface area contributed by atoms with E-state index < -0.39 is 0 Å². The van der Waals surface area contributed by atoms with E-state index >= 15 is 0 Å². The van der Waals surface area contributed by atoms with Gasteiger partial charge in [0.15, 0.2) is 0 Å². The number of anilines is 1. The summed E-state index contributed by atoms with van der Waals surface area (Å²) in [5.41, 5.74) is 7.69. The summed E-state index contributed by atoms with van der Waals surface area (Å²) in [6, 6.07) is 4.36. The maximum atomic E-state index is 4.47. The van der Waals surface area contributed by atoms with Gasteiger partial charge in [-0.2, -0.15) is 0 Å². The molecule has 2 saturated carbocycles. The van der Waals surface area contributed by atoms with Gasteiger partial charge in [-0.25, -0.2) is 4.98 Å². The zero-order valence-electron chi connectivity index (χ0n) is 17.5. The highest BCUT2D eigenvalue weighted by Crippen LogP contribution is 2.49. The Bertz CT molecular complexity index is 799. The van der Waals surface area contributed by atoms with Crippen molar-refractivity contribution < 1.29 is 0 Å². The van der Waals surface area contributed by atoms with E-state index in [0.29, 0.717) is 10.8 Å². The van der Waals surface area contributed by atoms with Crippen molar-refractivity contribution in [1.82, 2.24) is 9.97 Å². The summed E-state index contributed by atoms with van der Waals surface area (Å²) in [5, 5.41) is 0. The first kappa shape index (κ1) is 18.9. The second-order valence-corrected chi connectivity index (χ2v) is 9.01. The van der Waals surface area contributed by atoms with Crippen molar-refractivity contribution >= 4 is 5.82 Å². The molecule has 3 heteroatoms. The Morgan fingerprint density at radius 2 is 1.23 bits per heavy atom. The molecule has 2 aromatic rings. The Labute approximate surface area is 158 Å². The fourth-order valence-electron chi connectivity index (χ4n) is 3.66. The van der Waals surface area contributed by atoms with E-state index in [9.17, 15) is 0 Å². The number of hydrogen-bond acceptors (Lipinski definition) is 3. The smallest absolute Gasteiger partial charge is 0.128 e. The topological polar surface area (TPSA) is 29.0 Å². The minimum Gasteiger partial charge on any atom is -0.363 e. The molecule has 0 aromatic carbocycles. The first-order valence-electron chi connectivity index (χ1n) is 9.73. The Hall–Kier alpha value is -1.90. The van der Waals surface area contributed by atoms with Gasteiger partial charge in [-0.1, -0.05) is 13.8 Å². The Balaban J connectivity index is 0.000000152. The van der Waals surface area contributed by atoms with Crippen molar-refractivity contribution in [2.75, 3.05) is 19.0 Å². The number of pyridine rings is 2. The van der Waals surface area contributed by atoms with Gasteiger partial charge in [-0.05, 0) is 91.7 Å². The van der Waals surface area contributed by atoms with Gasteiger partial charge in [0.25, 0.3) is 0 Å². The van der Waals surface area contributed by atoms with Crippen LogP contribution in [0.1, 0.15) is 67.5 Å². The molecule has 0 atom stereocenters. The maximum Gasteiger partial charge on any atom is 0.128 e. The van der Waals surface area contributed by atoms with Gasteiger partial charge in [-0.3, -0.25) is 4.98 Å². The average Bonchev–Trinajstić information content (AvgIpc) is 3.48. The molecule has 0 bridgehead atoms. The van der Waals surface area contributed by atoms with E-state index in [2.05, 4.69) is 62.2 Å². The van der Waals surface area contributed by atoms with Gasteiger partial charge >= 0.3 is 0 Å². The van der Waals surface area contributed by atoms with Crippen LogP contribution in [0.3, 0.4) is 0 Å². The van der Waals surface area contributed by atoms with Gasteiger partial charge in [0.2, 0.25) is 0 Å². The molecule has 4 rings (SSSR count). The molecule has 0 aliphatic heterocycles. The van der Waals surface area contributed by atoms with Crippen LogP contribution in [0.15, 0.2) is 24.5 Å². The molecule has 0 saturated heterocycles. The van der Waals surface area contributed by atoms with Crippen LogP contribution in [0.5, 0.6) is 0 Å². The van der Waals surface area contributed by atoms with Crippen LogP contribution in [0.2, 0.25) is 0 Å². The quantitative estimate of drug-likeness (QED) is 0.755. The van der Waals surface area contributed by atoms with E-state index in [4.69, 9.17) is 0 Å². The largest absolute Gasteiger partial charge is 0.363 e. The minimum atomic E-state index is 0.432. The third-order valence-electron chi connectivity index (χ3n) is 6.10. The number of aromatic nitrogens is 2. The molecule has 0 unspecified atom stereocenters. The van der Waals surface area contributed by atoms with Crippen LogP contribution in [-0.4, -0.2) is 24.1 Å². The molecule has 26 heavy (non-hydrogen) atoms. The van der Waals surface area contributed by atoms with E-state index in [-0.39, 0.29) is 0 Å². The van der Waals surface area contributed by atoms with Crippen LogP contribution in [-0.2, 0) is 10.8 Å². The predicted octanol–water partition coefficient (Wildman–Crippen LogP) is 5.26. The van der Waals surface area contributed by atoms with Gasteiger partial charge in [0.1, 0.15) is 5.82 Å². The number of nitrogens with zero attached hydrogens (tertiary/aromatic N) is 3. The summed E-state index contributed by atoms with van der Waals surface area (Å²) >= 11 is 0. The highest BCUT2D eigenvalue weighted by Gasteiger charge is 2.40. The van der Waals surface area contributed by atoms with Crippen molar-refractivity contribution in [2.45, 2.75) is 71.1 Å². The Kier molecular flexibility index (Phi) is 4.85. The first-order valence-corrected chi connectivity index (χ1v) is 9.73. The summed E-state index contributed by atoms with van der Waals surface area (Å²) in [4.78, 5) is 10.9. The molecule has 0 amide bonds. The summed E-state index contributed by atoms with van der Waals surface area (Å²) in [5.74, 6) is 1.05. The normalized spacial score (nSPS) is 18.6. The standard InChI is InChI=1S/C12H18N2.C11H15N/c1-9-7-11(14(3)4)13-8-10(9)12(2)5-6-12;1-8-6-9(2)12-7-10(8)11(3)4-5-11/h7-8H,5-6H2,1-4H3;6-7H,4-5H2,1-3H3. The minimum absolute atomic E-state index is 0.432. The van der Waals surface area contributed by atoms with E-state index in [1.54, 1.807) is 0 Å². The van der Waals surface area contributed by atoms with E-state index in [1.165, 1.54) is 47.9 Å². The average molecular weight is 352 g/mol. The molecule has 2 aliphatic carbocycles. The van der Waals surface area contributed by atoms with Crippen LogP contribution in [0, 0.1) is 20.8 Å². The summed E-state index contributed by atoms with van der Waals surface area (Å²) in [6.45, 7) is 11.1. The van der Waals surface area contributed by atoms with Gasteiger partial charge in [0.05, 0.1) is 0 Å². The van der Waals surface area contributed by atoms with Crippen molar-refractivity contribution in [3.8, 4) is 0 Å². The fraction of sp³-hybridized carbons (Fsp3) is 0.565. The van der Waals surface area contributed by atoms with Gasteiger partial charge in [0, 0.05) is 32.2 Å². The lowest BCUT2D eigenvalue weighted by Gasteiger charge is -2.16. The highest BCUT2D eigenvalue weighted by atomic mass is 15.1. The predicted molar refractivity (Wildman–Crippen MR) is 110 cm³/mol. The van der Waals surface area contributed by atoms with Crippen LogP contribution in [0.4, 0.5) is 5.82 Å². The molecule has 140 valence electrons. The van der Waals surface area contributed by atoms with Gasteiger partial charge in [-0.15, -0.1) is 0 Å². The molecule has 0 spiro atoms. The number of hydrogen-bond donors (Lipinski definition) is 0. The van der Waals surface area contributed by atoms with Crippen molar-refractivity contribution in [3.05, 3.63) is 52.5 Å². The monoisotopic (exact) mass is 351 g/mol. The molecule has 3 nitrogen and oxygen atoms in total.